The zero-order valence-electron chi connectivity index (χ0n) is 11.8. The van der Waals surface area contributed by atoms with E-state index in [-0.39, 0.29) is 5.54 Å². The van der Waals surface area contributed by atoms with E-state index in [9.17, 15) is 0 Å². The van der Waals surface area contributed by atoms with Gasteiger partial charge in [-0.1, -0.05) is 11.6 Å². The monoisotopic (exact) mass is 279 g/mol. The number of methoxy groups -OCH3 is 1. The molecule has 1 aromatic carbocycles. The molecule has 1 unspecified atom stereocenters. The quantitative estimate of drug-likeness (QED) is 0.888. The van der Waals surface area contributed by atoms with Crippen molar-refractivity contribution in [1.29, 1.82) is 0 Å². The lowest BCUT2D eigenvalue weighted by Crippen LogP contribution is -2.35. The summed E-state index contributed by atoms with van der Waals surface area (Å²) in [6, 6.07) is 2.12. The van der Waals surface area contributed by atoms with Crippen molar-refractivity contribution in [2.24, 2.45) is 0 Å². The Morgan fingerprint density at radius 3 is 2.74 bits per heavy atom. The van der Waals surface area contributed by atoms with E-state index in [1.165, 1.54) is 36.0 Å². The van der Waals surface area contributed by atoms with Gasteiger partial charge in [-0.05, 0) is 69.2 Å². The van der Waals surface area contributed by atoms with Crippen LogP contribution in [0.1, 0.15) is 49.3 Å². The minimum Gasteiger partial charge on any atom is -0.495 e. The SMILES string of the molecule is COc1c(Cl)cc2c(c1C1(C)CCCN1)CCCC2. The van der Waals surface area contributed by atoms with Gasteiger partial charge in [-0.25, -0.2) is 0 Å². The van der Waals surface area contributed by atoms with Crippen LogP contribution in [0.4, 0.5) is 0 Å². The Kier molecular flexibility index (Phi) is 3.48. The average molecular weight is 280 g/mol. The Bertz CT molecular complexity index is 492. The van der Waals surface area contributed by atoms with Crippen molar-refractivity contribution in [3.63, 3.8) is 0 Å². The lowest BCUT2D eigenvalue weighted by molar-refractivity contribution is 0.366. The van der Waals surface area contributed by atoms with Crippen molar-refractivity contribution in [3.8, 4) is 5.75 Å². The van der Waals surface area contributed by atoms with E-state index in [0.717, 1.165) is 36.6 Å². The first-order chi connectivity index (χ1) is 9.15. The van der Waals surface area contributed by atoms with E-state index < -0.39 is 0 Å². The first-order valence-corrected chi connectivity index (χ1v) is 7.67. The molecule has 0 saturated carbocycles. The van der Waals surface area contributed by atoms with E-state index in [1.807, 2.05) is 0 Å². The van der Waals surface area contributed by atoms with Crippen LogP contribution < -0.4 is 10.1 Å². The molecule has 1 N–H and O–H groups in total. The molecule has 0 radical (unpaired) electrons. The fraction of sp³-hybridized carbons (Fsp3) is 0.625. The second-order valence-electron chi connectivity index (χ2n) is 5.97. The summed E-state index contributed by atoms with van der Waals surface area (Å²) in [4.78, 5) is 0. The summed E-state index contributed by atoms with van der Waals surface area (Å²) in [5.74, 6) is 0.888. The van der Waals surface area contributed by atoms with Crippen molar-refractivity contribution in [1.82, 2.24) is 5.32 Å². The molecule has 2 nitrogen and oxygen atoms in total. The highest BCUT2D eigenvalue weighted by Gasteiger charge is 2.37. The summed E-state index contributed by atoms with van der Waals surface area (Å²) < 4.78 is 5.65. The zero-order chi connectivity index (χ0) is 13.5. The van der Waals surface area contributed by atoms with Crippen LogP contribution in [0.5, 0.6) is 5.75 Å². The van der Waals surface area contributed by atoms with Gasteiger partial charge in [0.05, 0.1) is 12.1 Å². The number of nitrogens with one attached hydrogen (secondary N) is 1. The van der Waals surface area contributed by atoms with Gasteiger partial charge in [-0.2, -0.15) is 0 Å². The molecular formula is C16H22ClNO. The molecule has 1 atom stereocenters. The number of ether oxygens (including phenoxy) is 1. The molecule has 2 aliphatic rings. The van der Waals surface area contributed by atoms with Crippen LogP contribution in [0, 0.1) is 0 Å². The van der Waals surface area contributed by atoms with Crippen LogP contribution in [0.3, 0.4) is 0 Å². The van der Waals surface area contributed by atoms with Crippen LogP contribution in [0.25, 0.3) is 0 Å². The van der Waals surface area contributed by atoms with Gasteiger partial charge < -0.3 is 10.1 Å². The molecule has 1 aromatic rings. The molecule has 1 heterocycles. The lowest BCUT2D eigenvalue weighted by atomic mass is 9.79. The van der Waals surface area contributed by atoms with Crippen molar-refractivity contribution in [2.45, 2.75) is 51.0 Å². The molecule has 0 spiro atoms. The largest absolute Gasteiger partial charge is 0.495 e. The van der Waals surface area contributed by atoms with Crippen molar-refractivity contribution >= 4 is 11.6 Å². The molecule has 19 heavy (non-hydrogen) atoms. The Balaban J connectivity index is 2.21. The fourth-order valence-electron chi connectivity index (χ4n) is 3.74. The summed E-state index contributed by atoms with van der Waals surface area (Å²) >= 11 is 6.45. The first kappa shape index (κ1) is 13.3. The minimum atomic E-state index is 0.0255. The van der Waals surface area contributed by atoms with E-state index in [2.05, 4.69) is 18.3 Å². The van der Waals surface area contributed by atoms with Crippen molar-refractivity contribution < 1.29 is 4.74 Å². The number of fused-ring (bicyclic) bond motifs is 1. The molecule has 0 bridgehead atoms. The highest BCUT2D eigenvalue weighted by molar-refractivity contribution is 6.32. The Hall–Kier alpha value is -0.730. The number of rotatable bonds is 2. The molecule has 104 valence electrons. The highest BCUT2D eigenvalue weighted by atomic mass is 35.5. The number of hydrogen-bond acceptors (Lipinski definition) is 2. The van der Waals surface area contributed by atoms with E-state index >= 15 is 0 Å². The topological polar surface area (TPSA) is 21.3 Å². The third-order valence-electron chi connectivity index (χ3n) is 4.68. The van der Waals surface area contributed by atoms with E-state index in [0.29, 0.717) is 0 Å². The van der Waals surface area contributed by atoms with E-state index in [4.69, 9.17) is 16.3 Å². The molecule has 0 amide bonds. The second-order valence-corrected chi connectivity index (χ2v) is 6.38. The molecule has 0 aromatic heterocycles. The average Bonchev–Trinajstić information content (AvgIpc) is 2.85. The molecule has 1 saturated heterocycles. The number of hydrogen-bond donors (Lipinski definition) is 1. The summed E-state index contributed by atoms with van der Waals surface area (Å²) in [7, 11) is 1.73. The van der Waals surface area contributed by atoms with Gasteiger partial charge in [0.15, 0.2) is 0 Å². The van der Waals surface area contributed by atoms with Crippen LogP contribution in [-0.4, -0.2) is 13.7 Å². The van der Waals surface area contributed by atoms with E-state index in [1.54, 1.807) is 7.11 Å². The first-order valence-electron chi connectivity index (χ1n) is 7.29. The van der Waals surface area contributed by atoms with Gasteiger partial charge >= 0.3 is 0 Å². The lowest BCUT2D eigenvalue weighted by Gasteiger charge is -2.33. The van der Waals surface area contributed by atoms with Gasteiger partial charge in [0, 0.05) is 11.1 Å². The Labute approximate surface area is 120 Å². The predicted octanol–water partition coefficient (Wildman–Crippen LogP) is 3.83. The molecular weight excluding hydrogens is 258 g/mol. The number of halogens is 1. The van der Waals surface area contributed by atoms with Crippen molar-refractivity contribution in [3.05, 3.63) is 27.8 Å². The maximum Gasteiger partial charge on any atom is 0.142 e. The van der Waals surface area contributed by atoms with Crippen LogP contribution in [-0.2, 0) is 18.4 Å². The molecule has 1 fully saturated rings. The number of aryl methyl sites for hydroxylation is 1. The normalized spacial score (nSPS) is 26.3. The van der Waals surface area contributed by atoms with Gasteiger partial charge in [0.1, 0.15) is 5.75 Å². The standard InChI is InChI=1S/C16H22ClNO/c1-16(8-5-9-18-16)14-12-7-4-3-6-11(12)10-13(17)15(14)19-2/h10,18H,3-9H2,1-2H3. The molecule has 1 aliphatic carbocycles. The third kappa shape index (κ3) is 2.15. The Morgan fingerprint density at radius 1 is 1.26 bits per heavy atom. The maximum atomic E-state index is 6.45. The molecule has 3 heteroatoms. The molecule has 1 aliphatic heterocycles. The Morgan fingerprint density at radius 2 is 2.05 bits per heavy atom. The smallest absolute Gasteiger partial charge is 0.142 e. The third-order valence-corrected chi connectivity index (χ3v) is 4.96. The minimum absolute atomic E-state index is 0.0255. The summed E-state index contributed by atoms with van der Waals surface area (Å²) in [5, 5.41) is 4.43. The number of benzene rings is 1. The van der Waals surface area contributed by atoms with Crippen LogP contribution in [0.15, 0.2) is 6.07 Å². The second kappa shape index (κ2) is 4.99. The summed E-state index contributed by atoms with van der Waals surface area (Å²) in [5.41, 5.74) is 4.28. The predicted molar refractivity (Wildman–Crippen MR) is 79.2 cm³/mol. The van der Waals surface area contributed by atoms with Crippen LogP contribution in [0.2, 0.25) is 5.02 Å². The summed E-state index contributed by atoms with van der Waals surface area (Å²) in [6.07, 6.45) is 7.26. The van der Waals surface area contributed by atoms with Crippen molar-refractivity contribution in [2.75, 3.05) is 13.7 Å². The van der Waals surface area contributed by atoms with Gasteiger partial charge in [-0.15, -0.1) is 0 Å². The zero-order valence-corrected chi connectivity index (χ0v) is 12.6. The van der Waals surface area contributed by atoms with Crippen LogP contribution >= 0.6 is 11.6 Å². The summed E-state index contributed by atoms with van der Waals surface area (Å²) in [6.45, 7) is 3.38. The van der Waals surface area contributed by atoms with Gasteiger partial charge in [0.25, 0.3) is 0 Å². The van der Waals surface area contributed by atoms with Gasteiger partial charge in [0.2, 0.25) is 0 Å². The fourth-order valence-corrected chi connectivity index (χ4v) is 4.04. The molecule has 3 rings (SSSR count). The maximum absolute atomic E-state index is 6.45. The highest BCUT2D eigenvalue weighted by Crippen LogP contribution is 2.45. The van der Waals surface area contributed by atoms with Gasteiger partial charge in [-0.3, -0.25) is 0 Å².